The maximum absolute atomic E-state index is 14.1. The largest absolute Gasteiger partial charge is 0.455 e. The summed E-state index contributed by atoms with van der Waals surface area (Å²) < 4.78 is 33.3. The van der Waals surface area contributed by atoms with Gasteiger partial charge >= 0.3 is 6.03 Å². The Morgan fingerprint density at radius 2 is 1.86 bits per heavy atom. The van der Waals surface area contributed by atoms with Gasteiger partial charge in [0.25, 0.3) is 0 Å². The molecule has 29 heavy (non-hydrogen) atoms. The number of carbonyl (C=O) groups is 2. The first kappa shape index (κ1) is 20.3. The summed E-state index contributed by atoms with van der Waals surface area (Å²) in [6, 6.07) is 7.02. The van der Waals surface area contributed by atoms with Crippen LogP contribution in [0.15, 0.2) is 40.8 Å². The predicted octanol–water partition coefficient (Wildman–Crippen LogP) is 4.64. The first-order valence-corrected chi connectivity index (χ1v) is 9.02. The monoisotopic (exact) mass is 401 g/mol. The lowest BCUT2D eigenvalue weighted by atomic mass is 9.98. The lowest BCUT2D eigenvalue weighted by Gasteiger charge is -2.21. The molecule has 2 aromatic carbocycles. The van der Waals surface area contributed by atoms with Crippen molar-refractivity contribution in [1.82, 2.24) is 5.32 Å². The second-order valence-electron chi connectivity index (χ2n) is 7.12. The molecule has 1 atom stereocenters. The predicted molar refractivity (Wildman–Crippen MR) is 106 cm³/mol. The third kappa shape index (κ3) is 4.21. The van der Waals surface area contributed by atoms with Crippen molar-refractivity contribution < 1.29 is 22.8 Å². The minimum absolute atomic E-state index is 0.0547. The summed E-state index contributed by atoms with van der Waals surface area (Å²) in [4.78, 5) is 23.8. The fourth-order valence-corrected chi connectivity index (χ4v) is 3.15. The molecule has 0 aliphatic heterocycles. The quantitative estimate of drug-likeness (QED) is 0.581. The summed E-state index contributed by atoms with van der Waals surface area (Å²) in [6.07, 6.45) is 0. The van der Waals surface area contributed by atoms with E-state index in [1.807, 2.05) is 13.8 Å². The van der Waals surface area contributed by atoms with Crippen molar-refractivity contribution in [2.24, 2.45) is 11.7 Å². The van der Waals surface area contributed by atoms with Gasteiger partial charge in [-0.25, -0.2) is 13.6 Å². The van der Waals surface area contributed by atoms with Crippen LogP contribution in [0.5, 0.6) is 0 Å². The fraction of sp³-hybridized carbons (Fsp3) is 0.238. The molecule has 4 N–H and O–H groups in total. The van der Waals surface area contributed by atoms with E-state index in [0.29, 0.717) is 22.4 Å². The van der Waals surface area contributed by atoms with Crippen LogP contribution in [0.2, 0.25) is 0 Å². The van der Waals surface area contributed by atoms with Gasteiger partial charge in [-0.1, -0.05) is 19.9 Å². The Balaban J connectivity index is 1.87. The molecule has 3 amide bonds. The molecule has 3 aromatic rings. The number of rotatable bonds is 5. The second kappa shape index (κ2) is 7.90. The number of fused-ring (bicyclic) bond motifs is 1. The Hall–Kier alpha value is -3.42. The summed E-state index contributed by atoms with van der Waals surface area (Å²) in [6.45, 7) is 5.41. The smallest absolute Gasteiger partial charge is 0.319 e. The maximum atomic E-state index is 14.1. The number of aryl methyl sites for hydroxylation is 1. The average Bonchev–Trinajstić information content (AvgIpc) is 2.96. The Morgan fingerprint density at radius 3 is 2.52 bits per heavy atom. The summed E-state index contributed by atoms with van der Waals surface area (Å²) in [5.41, 5.74) is 6.39. The van der Waals surface area contributed by atoms with Crippen LogP contribution in [0.3, 0.4) is 0 Å². The van der Waals surface area contributed by atoms with Gasteiger partial charge in [0.15, 0.2) is 11.4 Å². The molecule has 6 nitrogen and oxygen atoms in total. The van der Waals surface area contributed by atoms with E-state index in [1.165, 1.54) is 18.2 Å². The summed E-state index contributed by atoms with van der Waals surface area (Å²) >= 11 is 0. The summed E-state index contributed by atoms with van der Waals surface area (Å²) in [7, 11) is 0. The van der Waals surface area contributed by atoms with E-state index in [0.717, 1.165) is 6.07 Å². The van der Waals surface area contributed by atoms with Crippen LogP contribution in [0.25, 0.3) is 11.0 Å². The van der Waals surface area contributed by atoms with Crippen molar-refractivity contribution in [2.45, 2.75) is 26.8 Å². The van der Waals surface area contributed by atoms with Gasteiger partial charge < -0.3 is 20.8 Å². The van der Waals surface area contributed by atoms with Crippen molar-refractivity contribution in [2.75, 3.05) is 5.32 Å². The molecule has 0 spiro atoms. The SMILES string of the molecule is Cc1c([C@H](NC(=O)Nc2cccc(C(N)=O)c2)C(C)C)oc2c(F)cc(F)cc12. The average molecular weight is 401 g/mol. The number of primary amides is 1. The molecular weight excluding hydrogens is 380 g/mol. The lowest BCUT2D eigenvalue weighted by Crippen LogP contribution is -2.35. The standard InChI is InChI=1S/C21H21F2N3O3/c1-10(2)17(18-11(3)15-8-13(22)9-16(23)19(15)29-18)26-21(28)25-14-6-4-5-12(7-14)20(24)27/h4-10,17H,1-3H3,(H2,24,27)(H2,25,26,28)/t17-/m1/s1. The number of benzene rings is 2. The number of carbonyl (C=O) groups excluding carboxylic acids is 2. The van der Waals surface area contributed by atoms with Gasteiger partial charge in [-0.3, -0.25) is 4.79 Å². The van der Waals surface area contributed by atoms with Crippen LogP contribution in [-0.4, -0.2) is 11.9 Å². The third-order valence-electron chi connectivity index (χ3n) is 4.63. The number of urea groups is 1. The third-order valence-corrected chi connectivity index (χ3v) is 4.63. The number of furan rings is 1. The number of halogens is 2. The molecule has 0 aliphatic carbocycles. The van der Waals surface area contributed by atoms with Crippen molar-refractivity contribution in [3.05, 3.63) is 64.9 Å². The topological polar surface area (TPSA) is 97.4 Å². The van der Waals surface area contributed by atoms with Crippen LogP contribution in [0.4, 0.5) is 19.3 Å². The Labute approximate surface area is 166 Å². The van der Waals surface area contributed by atoms with Gasteiger partial charge in [0.05, 0.1) is 6.04 Å². The van der Waals surface area contributed by atoms with E-state index in [9.17, 15) is 18.4 Å². The minimum atomic E-state index is -0.801. The zero-order valence-corrected chi connectivity index (χ0v) is 16.2. The highest BCUT2D eigenvalue weighted by molar-refractivity contribution is 5.96. The highest BCUT2D eigenvalue weighted by Gasteiger charge is 2.26. The van der Waals surface area contributed by atoms with E-state index in [2.05, 4.69) is 10.6 Å². The van der Waals surface area contributed by atoms with Crippen molar-refractivity contribution in [3.63, 3.8) is 0 Å². The first-order chi connectivity index (χ1) is 13.7. The van der Waals surface area contributed by atoms with Gasteiger partial charge in [0.1, 0.15) is 11.6 Å². The summed E-state index contributed by atoms with van der Waals surface area (Å²) in [5.74, 6) is -1.87. The van der Waals surface area contributed by atoms with Gasteiger partial charge in [0, 0.05) is 28.3 Å². The van der Waals surface area contributed by atoms with Crippen LogP contribution < -0.4 is 16.4 Å². The molecular formula is C21H21F2N3O3. The zero-order chi connectivity index (χ0) is 21.3. The Morgan fingerprint density at radius 1 is 1.14 bits per heavy atom. The molecule has 3 rings (SSSR count). The normalized spacial score (nSPS) is 12.2. The highest BCUT2D eigenvalue weighted by atomic mass is 19.1. The number of nitrogens with two attached hydrogens (primary N) is 1. The molecule has 0 radical (unpaired) electrons. The number of nitrogens with one attached hydrogen (secondary N) is 2. The van der Waals surface area contributed by atoms with Gasteiger partial charge in [-0.2, -0.15) is 0 Å². The number of hydrogen-bond acceptors (Lipinski definition) is 3. The lowest BCUT2D eigenvalue weighted by molar-refractivity contribution is 0.1000. The van der Waals surface area contributed by atoms with E-state index >= 15 is 0 Å². The maximum Gasteiger partial charge on any atom is 0.319 e. The first-order valence-electron chi connectivity index (χ1n) is 9.02. The van der Waals surface area contributed by atoms with Crippen molar-refractivity contribution >= 4 is 28.6 Å². The second-order valence-corrected chi connectivity index (χ2v) is 7.12. The van der Waals surface area contributed by atoms with Gasteiger partial charge in [-0.15, -0.1) is 0 Å². The van der Waals surface area contributed by atoms with E-state index in [1.54, 1.807) is 19.1 Å². The summed E-state index contributed by atoms with van der Waals surface area (Å²) in [5, 5.41) is 5.74. The minimum Gasteiger partial charge on any atom is -0.455 e. The molecule has 1 aromatic heterocycles. The molecule has 0 aliphatic rings. The van der Waals surface area contributed by atoms with Crippen LogP contribution in [0.1, 0.15) is 41.6 Å². The van der Waals surface area contributed by atoms with Crippen LogP contribution >= 0.6 is 0 Å². The van der Waals surface area contributed by atoms with Gasteiger partial charge in [0.2, 0.25) is 5.91 Å². The van der Waals surface area contributed by atoms with Gasteiger partial charge in [-0.05, 0) is 37.1 Å². The Kier molecular flexibility index (Phi) is 5.54. The van der Waals surface area contributed by atoms with Crippen LogP contribution in [-0.2, 0) is 0 Å². The van der Waals surface area contributed by atoms with Crippen molar-refractivity contribution in [3.8, 4) is 0 Å². The molecule has 0 fully saturated rings. The number of hydrogen-bond donors (Lipinski definition) is 3. The molecule has 0 bridgehead atoms. The van der Waals surface area contributed by atoms with Crippen LogP contribution in [0, 0.1) is 24.5 Å². The van der Waals surface area contributed by atoms with E-state index in [-0.39, 0.29) is 17.1 Å². The molecule has 1 heterocycles. The molecule has 0 saturated carbocycles. The zero-order valence-electron chi connectivity index (χ0n) is 16.2. The van der Waals surface area contributed by atoms with Crippen molar-refractivity contribution in [1.29, 1.82) is 0 Å². The molecule has 8 heteroatoms. The fourth-order valence-electron chi connectivity index (χ4n) is 3.15. The molecule has 152 valence electrons. The Bertz CT molecular complexity index is 1090. The molecule has 0 saturated heterocycles. The molecule has 0 unspecified atom stereocenters. The number of anilines is 1. The van der Waals surface area contributed by atoms with E-state index in [4.69, 9.17) is 10.2 Å². The number of amides is 3. The highest BCUT2D eigenvalue weighted by Crippen LogP contribution is 2.34. The van der Waals surface area contributed by atoms with E-state index < -0.39 is 29.6 Å².